The van der Waals surface area contributed by atoms with Gasteiger partial charge < -0.3 is 4.57 Å². The van der Waals surface area contributed by atoms with Crippen molar-refractivity contribution in [2.75, 3.05) is 0 Å². The lowest BCUT2D eigenvalue weighted by Crippen LogP contribution is -2.12. The van der Waals surface area contributed by atoms with Crippen LogP contribution in [0.5, 0.6) is 0 Å². The summed E-state index contributed by atoms with van der Waals surface area (Å²) in [6, 6.07) is 2.03. The molecule has 0 aromatic carbocycles. The molecule has 1 N–H and O–H groups in total. The lowest BCUT2D eigenvalue weighted by molar-refractivity contribution is -0.118. The van der Waals surface area contributed by atoms with Gasteiger partial charge in [-0.15, -0.1) is 0 Å². The quantitative estimate of drug-likeness (QED) is 0.555. The molecule has 1 heterocycles. The van der Waals surface area contributed by atoms with Crippen LogP contribution in [0.4, 0.5) is 0 Å². The first-order chi connectivity index (χ1) is 6.52. The van der Waals surface area contributed by atoms with Gasteiger partial charge in [0, 0.05) is 30.9 Å². The number of hydrogen-bond donors (Lipinski definition) is 1. The average molecular weight is 193 g/mol. The van der Waals surface area contributed by atoms with Crippen LogP contribution >= 0.6 is 0 Å². The van der Waals surface area contributed by atoms with E-state index < -0.39 is 0 Å². The minimum atomic E-state index is -0.161. The van der Waals surface area contributed by atoms with E-state index in [1.54, 1.807) is 6.21 Å². The molecule has 0 fully saturated rings. The van der Waals surface area contributed by atoms with Gasteiger partial charge in [0.05, 0.1) is 6.21 Å². The topological polar surface area (TPSA) is 46.4 Å². The smallest absolute Gasteiger partial charge is 0.236 e. The van der Waals surface area contributed by atoms with Gasteiger partial charge in [0.1, 0.15) is 0 Å². The molecule has 0 radical (unpaired) electrons. The molecule has 4 nitrogen and oxygen atoms in total. The molecule has 0 bridgehead atoms. The molecule has 0 spiro atoms. The van der Waals surface area contributed by atoms with E-state index in [9.17, 15) is 4.79 Å². The third kappa shape index (κ3) is 2.22. The number of aromatic nitrogens is 1. The largest absolute Gasteiger partial charge is 0.352 e. The lowest BCUT2D eigenvalue weighted by atomic mass is 10.3. The summed E-state index contributed by atoms with van der Waals surface area (Å²) in [6.07, 6.45) is 1.66. The monoisotopic (exact) mass is 193 g/mol. The van der Waals surface area contributed by atoms with Gasteiger partial charge in [-0.1, -0.05) is 0 Å². The zero-order chi connectivity index (χ0) is 10.7. The van der Waals surface area contributed by atoms with Crippen molar-refractivity contribution in [1.29, 1.82) is 0 Å². The molecule has 4 heteroatoms. The van der Waals surface area contributed by atoms with Crippen LogP contribution in [0.1, 0.15) is 23.9 Å². The first-order valence-corrected chi connectivity index (χ1v) is 4.45. The fraction of sp³-hybridized carbons (Fsp3) is 0.400. The van der Waals surface area contributed by atoms with E-state index >= 15 is 0 Å². The van der Waals surface area contributed by atoms with Crippen molar-refractivity contribution in [3.05, 3.63) is 23.0 Å². The molecule has 1 aromatic rings. The summed E-state index contributed by atoms with van der Waals surface area (Å²) in [6.45, 7) is 5.48. The number of nitrogens with zero attached hydrogens (tertiary/aromatic N) is 2. The summed E-state index contributed by atoms with van der Waals surface area (Å²) >= 11 is 0. The molecule has 1 rings (SSSR count). The Morgan fingerprint density at radius 3 is 2.64 bits per heavy atom. The lowest BCUT2D eigenvalue weighted by Gasteiger charge is -1.98. The summed E-state index contributed by atoms with van der Waals surface area (Å²) in [5, 5.41) is 3.82. The molecule has 0 aliphatic carbocycles. The maximum absolute atomic E-state index is 10.6. The fourth-order valence-corrected chi connectivity index (χ4v) is 1.21. The third-order valence-electron chi connectivity index (χ3n) is 2.24. The van der Waals surface area contributed by atoms with Gasteiger partial charge in [0.15, 0.2) is 0 Å². The van der Waals surface area contributed by atoms with Crippen molar-refractivity contribution in [2.24, 2.45) is 12.1 Å². The normalized spacial score (nSPS) is 10.9. The second-order valence-electron chi connectivity index (χ2n) is 3.31. The molecular weight excluding hydrogens is 178 g/mol. The van der Waals surface area contributed by atoms with Gasteiger partial charge >= 0.3 is 0 Å². The van der Waals surface area contributed by atoms with E-state index in [2.05, 4.69) is 15.1 Å². The maximum atomic E-state index is 10.6. The van der Waals surface area contributed by atoms with Gasteiger partial charge in [0.25, 0.3) is 0 Å². The Morgan fingerprint density at radius 2 is 2.21 bits per heavy atom. The summed E-state index contributed by atoms with van der Waals surface area (Å²) in [5.41, 5.74) is 5.71. The van der Waals surface area contributed by atoms with Crippen molar-refractivity contribution < 1.29 is 4.79 Å². The van der Waals surface area contributed by atoms with E-state index in [1.807, 2.05) is 27.0 Å². The number of hydrogen-bond acceptors (Lipinski definition) is 2. The van der Waals surface area contributed by atoms with Crippen molar-refractivity contribution in [1.82, 2.24) is 9.99 Å². The van der Waals surface area contributed by atoms with Crippen molar-refractivity contribution >= 4 is 12.1 Å². The van der Waals surface area contributed by atoms with Crippen LogP contribution in [0, 0.1) is 13.8 Å². The molecule has 0 atom stereocenters. The second-order valence-corrected chi connectivity index (χ2v) is 3.31. The first kappa shape index (κ1) is 10.5. The molecule has 76 valence electrons. The molecule has 14 heavy (non-hydrogen) atoms. The van der Waals surface area contributed by atoms with Crippen LogP contribution in [-0.4, -0.2) is 16.7 Å². The summed E-state index contributed by atoms with van der Waals surface area (Å²) < 4.78 is 2.08. The number of carbonyl (C=O) groups excluding carboxylic acids is 1. The Hall–Kier alpha value is -1.58. The number of nitrogens with one attached hydrogen (secondary N) is 1. The zero-order valence-electron chi connectivity index (χ0n) is 8.96. The molecule has 0 aliphatic heterocycles. The van der Waals surface area contributed by atoms with Gasteiger partial charge in [-0.2, -0.15) is 5.10 Å². The zero-order valence-corrected chi connectivity index (χ0v) is 8.96. The molecule has 1 amide bonds. The molecule has 1 aromatic heterocycles. The SMILES string of the molecule is CC(=O)N/N=C\c1cc(C)n(C)c1C. The average Bonchev–Trinajstić information content (AvgIpc) is 2.33. The second kappa shape index (κ2) is 4.09. The minimum absolute atomic E-state index is 0.161. The Kier molecular flexibility index (Phi) is 3.06. The van der Waals surface area contributed by atoms with Crippen molar-refractivity contribution in [3.8, 4) is 0 Å². The molecule has 0 unspecified atom stereocenters. The van der Waals surface area contributed by atoms with E-state index in [1.165, 1.54) is 12.6 Å². The standard InChI is InChI=1S/C10H15N3O/c1-7-5-10(8(2)13(7)4)6-11-12-9(3)14/h5-6H,1-4H3,(H,12,14)/b11-6-. The first-order valence-electron chi connectivity index (χ1n) is 4.45. The van der Waals surface area contributed by atoms with Crippen LogP contribution in [0.25, 0.3) is 0 Å². The Balaban J connectivity index is 2.82. The van der Waals surface area contributed by atoms with E-state index in [4.69, 9.17) is 0 Å². The Bertz CT molecular complexity index is 377. The minimum Gasteiger partial charge on any atom is -0.352 e. The molecule has 0 saturated heterocycles. The molecule has 0 aliphatic rings. The van der Waals surface area contributed by atoms with Gasteiger partial charge in [-0.3, -0.25) is 4.79 Å². The fourth-order valence-electron chi connectivity index (χ4n) is 1.21. The predicted molar refractivity (Wildman–Crippen MR) is 56.3 cm³/mol. The maximum Gasteiger partial charge on any atom is 0.236 e. The molecular formula is C10H15N3O. The van der Waals surface area contributed by atoms with E-state index in [0.717, 1.165) is 11.3 Å². The van der Waals surface area contributed by atoms with Gasteiger partial charge in [-0.25, -0.2) is 5.43 Å². The number of carbonyl (C=O) groups is 1. The Morgan fingerprint density at radius 1 is 1.57 bits per heavy atom. The number of amides is 1. The summed E-state index contributed by atoms with van der Waals surface area (Å²) in [4.78, 5) is 10.6. The van der Waals surface area contributed by atoms with Crippen LogP contribution in [-0.2, 0) is 11.8 Å². The van der Waals surface area contributed by atoms with Gasteiger partial charge in [-0.05, 0) is 19.9 Å². The number of aryl methyl sites for hydroxylation is 1. The summed E-state index contributed by atoms with van der Waals surface area (Å²) in [7, 11) is 2.00. The molecule has 0 saturated carbocycles. The predicted octanol–water partition coefficient (Wildman–Crippen LogP) is 1.11. The number of rotatable bonds is 2. The van der Waals surface area contributed by atoms with Crippen molar-refractivity contribution in [2.45, 2.75) is 20.8 Å². The highest BCUT2D eigenvalue weighted by atomic mass is 16.2. The number of hydrazone groups is 1. The van der Waals surface area contributed by atoms with Crippen LogP contribution in [0.2, 0.25) is 0 Å². The van der Waals surface area contributed by atoms with Crippen LogP contribution in [0.3, 0.4) is 0 Å². The highest BCUT2D eigenvalue weighted by Gasteiger charge is 2.02. The Labute approximate surface area is 83.6 Å². The van der Waals surface area contributed by atoms with E-state index in [0.29, 0.717) is 0 Å². The highest BCUT2D eigenvalue weighted by Crippen LogP contribution is 2.10. The van der Waals surface area contributed by atoms with Crippen LogP contribution < -0.4 is 5.43 Å². The highest BCUT2D eigenvalue weighted by molar-refractivity contribution is 5.83. The van der Waals surface area contributed by atoms with E-state index in [-0.39, 0.29) is 5.91 Å². The summed E-state index contributed by atoms with van der Waals surface area (Å²) in [5.74, 6) is -0.161. The van der Waals surface area contributed by atoms with Crippen LogP contribution in [0.15, 0.2) is 11.2 Å². The van der Waals surface area contributed by atoms with Gasteiger partial charge in [0.2, 0.25) is 5.91 Å². The van der Waals surface area contributed by atoms with Crippen molar-refractivity contribution in [3.63, 3.8) is 0 Å². The third-order valence-corrected chi connectivity index (χ3v) is 2.24.